The molecule has 1 heterocycles. The van der Waals surface area contributed by atoms with Gasteiger partial charge in [0, 0.05) is 20.6 Å². The van der Waals surface area contributed by atoms with E-state index in [0.29, 0.717) is 32.0 Å². The molecule has 2 nitrogen and oxygen atoms in total. The van der Waals surface area contributed by atoms with E-state index in [-0.39, 0.29) is 12.4 Å². The maximum atomic E-state index is 12.5. The van der Waals surface area contributed by atoms with Crippen molar-refractivity contribution in [3.05, 3.63) is 68.2 Å². The van der Waals surface area contributed by atoms with Gasteiger partial charge in [0.1, 0.15) is 12.4 Å². The van der Waals surface area contributed by atoms with E-state index in [0.717, 1.165) is 5.56 Å². The summed E-state index contributed by atoms with van der Waals surface area (Å²) in [4.78, 5) is 12.5. The summed E-state index contributed by atoms with van der Waals surface area (Å²) in [6, 6.07) is 10.1. The molecular formula is C16H9Cl3O2. The van der Waals surface area contributed by atoms with Gasteiger partial charge in [-0.2, -0.15) is 0 Å². The number of carbonyl (C=O) groups excluding carboxylic acids is 1. The summed E-state index contributed by atoms with van der Waals surface area (Å²) in [5.74, 6) is 0.438. The molecular weight excluding hydrogens is 331 g/mol. The number of Topliss-reactive ketones (excluding diaryl/α,β-unsaturated/α-hetero) is 1. The number of carbonyl (C=O) groups is 1. The third-order valence-electron chi connectivity index (χ3n) is 3.15. The highest BCUT2D eigenvalue weighted by atomic mass is 35.5. The van der Waals surface area contributed by atoms with Crippen LogP contribution in [0.2, 0.25) is 15.1 Å². The Hall–Kier alpha value is -1.48. The number of ether oxygens (including phenoxy) is 1. The molecule has 21 heavy (non-hydrogen) atoms. The second-order valence-corrected chi connectivity index (χ2v) is 5.87. The number of fused-ring (bicyclic) bond motifs is 1. The minimum atomic E-state index is -0.107. The molecule has 0 atom stereocenters. The van der Waals surface area contributed by atoms with Crippen LogP contribution in [0.4, 0.5) is 0 Å². The molecule has 3 rings (SSSR count). The van der Waals surface area contributed by atoms with Crippen LogP contribution in [0, 0.1) is 0 Å². The summed E-state index contributed by atoms with van der Waals surface area (Å²) in [5.41, 5.74) is 1.71. The Morgan fingerprint density at radius 2 is 1.71 bits per heavy atom. The molecule has 0 aromatic heterocycles. The maximum Gasteiger partial charge on any atom is 0.196 e. The smallest absolute Gasteiger partial charge is 0.196 e. The van der Waals surface area contributed by atoms with Gasteiger partial charge in [0.15, 0.2) is 5.78 Å². The Morgan fingerprint density at radius 1 is 1.00 bits per heavy atom. The van der Waals surface area contributed by atoms with Crippen LogP contribution in [0.1, 0.15) is 15.9 Å². The van der Waals surface area contributed by atoms with E-state index in [2.05, 4.69) is 0 Å². The highest BCUT2D eigenvalue weighted by Crippen LogP contribution is 2.31. The van der Waals surface area contributed by atoms with Crippen molar-refractivity contribution in [1.29, 1.82) is 0 Å². The minimum Gasteiger partial charge on any atom is -0.488 e. The van der Waals surface area contributed by atoms with Crippen LogP contribution in [0.5, 0.6) is 5.75 Å². The fourth-order valence-electron chi connectivity index (χ4n) is 2.11. The fourth-order valence-corrected chi connectivity index (χ4v) is 2.75. The normalized spacial score (nSPS) is 15.8. The summed E-state index contributed by atoms with van der Waals surface area (Å²) in [5, 5.41) is 1.53. The van der Waals surface area contributed by atoms with Gasteiger partial charge in [-0.3, -0.25) is 4.79 Å². The third-order valence-corrected chi connectivity index (χ3v) is 3.95. The largest absolute Gasteiger partial charge is 0.488 e. The second kappa shape index (κ2) is 5.72. The Labute approximate surface area is 136 Å². The lowest BCUT2D eigenvalue weighted by molar-refractivity contribution is 0.100. The summed E-state index contributed by atoms with van der Waals surface area (Å²) in [6.07, 6.45) is 1.71. The zero-order valence-corrected chi connectivity index (χ0v) is 13.0. The molecule has 0 N–H and O–H groups in total. The zero-order chi connectivity index (χ0) is 15.0. The Morgan fingerprint density at radius 3 is 2.48 bits per heavy atom. The Balaban J connectivity index is 2.01. The number of halogens is 3. The molecule has 2 aromatic rings. The number of benzene rings is 2. The van der Waals surface area contributed by atoms with Crippen LogP contribution < -0.4 is 4.74 Å². The van der Waals surface area contributed by atoms with Gasteiger partial charge in [-0.05, 0) is 42.0 Å². The molecule has 2 aromatic carbocycles. The summed E-state index contributed by atoms with van der Waals surface area (Å²) in [6.45, 7) is 0.201. The van der Waals surface area contributed by atoms with Crippen LogP contribution in [-0.2, 0) is 0 Å². The number of hydrogen-bond donors (Lipinski definition) is 0. The van der Waals surface area contributed by atoms with E-state index < -0.39 is 0 Å². The van der Waals surface area contributed by atoms with Crippen molar-refractivity contribution >= 4 is 46.7 Å². The molecule has 5 heteroatoms. The van der Waals surface area contributed by atoms with E-state index in [9.17, 15) is 4.79 Å². The third kappa shape index (κ3) is 2.93. The average Bonchev–Trinajstić information content (AvgIpc) is 2.45. The van der Waals surface area contributed by atoms with E-state index >= 15 is 0 Å². The first-order valence-corrected chi connectivity index (χ1v) is 7.30. The molecule has 0 radical (unpaired) electrons. The zero-order valence-electron chi connectivity index (χ0n) is 10.7. The second-order valence-electron chi connectivity index (χ2n) is 4.59. The Kier molecular flexibility index (Phi) is 3.94. The summed E-state index contributed by atoms with van der Waals surface area (Å²) >= 11 is 17.9. The topological polar surface area (TPSA) is 26.3 Å². The van der Waals surface area contributed by atoms with E-state index in [1.54, 1.807) is 42.5 Å². The standard InChI is InChI=1S/C16H9Cl3O2/c17-11-3-4-15-13(6-11)16(20)10(8-21-15)5-9-1-2-12(18)7-14(9)19/h1-7H,8H2/b10-5-. The first-order valence-electron chi connectivity index (χ1n) is 6.17. The van der Waals surface area contributed by atoms with Gasteiger partial charge in [-0.15, -0.1) is 0 Å². The average molecular weight is 340 g/mol. The molecule has 1 aliphatic heterocycles. The van der Waals surface area contributed by atoms with Crippen LogP contribution >= 0.6 is 34.8 Å². The van der Waals surface area contributed by atoms with Crippen LogP contribution in [0.15, 0.2) is 42.0 Å². The molecule has 0 spiro atoms. The van der Waals surface area contributed by atoms with Gasteiger partial charge in [-0.1, -0.05) is 40.9 Å². The van der Waals surface area contributed by atoms with Crippen LogP contribution in [0.3, 0.4) is 0 Å². The highest BCUT2D eigenvalue weighted by Gasteiger charge is 2.23. The first-order chi connectivity index (χ1) is 10.0. The quantitative estimate of drug-likeness (QED) is 0.659. The summed E-state index contributed by atoms with van der Waals surface area (Å²) < 4.78 is 5.58. The molecule has 0 bridgehead atoms. The van der Waals surface area contributed by atoms with Gasteiger partial charge < -0.3 is 4.74 Å². The monoisotopic (exact) mass is 338 g/mol. The number of ketones is 1. The minimum absolute atomic E-state index is 0.107. The van der Waals surface area contributed by atoms with Crippen LogP contribution in [-0.4, -0.2) is 12.4 Å². The van der Waals surface area contributed by atoms with Crippen LogP contribution in [0.25, 0.3) is 6.08 Å². The predicted octanol–water partition coefficient (Wildman–Crippen LogP) is 5.31. The lowest BCUT2D eigenvalue weighted by Gasteiger charge is -2.19. The first kappa shape index (κ1) is 14.5. The lowest BCUT2D eigenvalue weighted by atomic mass is 9.98. The molecule has 1 aliphatic rings. The molecule has 0 aliphatic carbocycles. The van der Waals surface area contributed by atoms with E-state index in [1.807, 2.05) is 0 Å². The molecule has 0 fully saturated rings. The summed E-state index contributed by atoms with van der Waals surface area (Å²) in [7, 11) is 0. The number of hydrogen-bond acceptors (Lipinski definition) is 2. The van der Waals surface area contributed by atoms with Crippen molar-refractivity contribution in [3.8, 4) is 5.75 Å². The molecule has 106 valence electrons. The highest BCUT2D eigenvalue weighted by molar-refractivity contribution is 6.35. The van der Waals surface area contributed by atoms with Gasteiger partial charge in [0.2, 0.25) is 0 Å². The van der Waals surface area contributed by atoms with Gasteiger partial charge in [-0.25, -0.2) is 0 Å². The number of rotatable bonds is 1. The van der Waals surface area contributed by atoms with Crippen molar-refractivity contribution in [2.24, 2.45) is 0 Å². The molecule has 0 amide bonds. The fraction of sp³-hybridized carbons (Fsp3) is 0.0625. The Bertz CT molecular complexity index is 766. The van der Waals surface area contributed by atoms with Crippen molar-refractivity contribution in [1.82, 2.24) is 0 Å². The van der Waals surface area contributed by atoms with Crippen molar-refractivity contribution in [2.75, 3.05) is 6.61 Å². The molecule has 0 saturated heterocycles. The van der Waals surface area contributed by atoms with Crippen molar-refractivity contribution < 1.29 is 9.53 Å². The van der Waals surface area contributed by atoms with Gasteiger partial charge in [0.25, 0.3) is 0 Å². The maximum absolute atomic E-state index is 12.5. The van der Waals surface area contributed by atoms with E-state index in [1.165, 1.54) is 0 Å². The van der Waals surface area contributed by atoms with Crippen molar-refractivity contribution in [3.63, 3.8) is 0 Å². The van der Waals surface area contributed by atoms with Gasteiger partial charge in [0.05, 0.1) is 5.56 Å². The van der Waals surface area contributed by atoms with Gasteiger partial charge >= 0.3 is 0 Å². The lowest BCUT2D eigenvalue weighted by Crippen LogP contribution is -2.19. The molecule has 0 unspecified atom stereocenters. The SMILES string of the molecule is O=C1/C(=C\c2ccc(Cl)cc2Cl)COc2ccc(Cl)cc21. The van der Waals surface area contributed by atoms with E-state index in [4.69, 9.17) is 39.5 Å². The predicted molar refractivity (Wildman–Crippen MR) is 85.7 cm³/mol. The molecule has 0 saturated carbocycles. The van der Waals surface area contributed by atoms with Crippen molar-refractivity contribution in [2.45, 2.75) is 0 Å².